The summed E-state index contributed by atoms with van der Waals surface area (Å²) in [6, 6.07) is 3.66. The van der Waals surface area contributed by atoms with Crippen molar-refractivity contribution in [3.05, 3.63) is 21.4 Å². The Morgan fingerprint density at radius 2 is 2.05 bits per heavy atom. The predicted octanol–water partition coefficient (Wildman–Crippen LogP) is 3.46. The Bertz CT molecular complexity index is 513. The van der Waals surface area contributed by atoms with Gasteiger partial charge in [-0.05, 0) is 64.0 Å². The fourth-order valence-corrected chi connectivity index (χ4v) is 5.08. The van der Waals surface area contributed by atoms with E-state index in [1.165, 1.54) is 41.0 Å². The maximum atomic E-state index is 12.3. The SMILES string of the molecule is Cc1cc(C(C)NC(=O)CC2CC3CCC(C2)N3)c(C)s1. The Morgan fingerprint density at radius 1 is 1.38 bits per heavy atom. The number of fused-ring (bicyclic) bond motifs is 2. The zero-order valence-electron chi connectivity index (χ0n) is 13.2. The molecule has 2 aliphatic heterocycles. The Balaban J connectivity index is 1.53. The molecule has 0 aromatic carbocycles. The number of hydrogen-bond acceptors (Lipinski definition) is 3. The van der Waals surface area contributed by atoms with Gasteiger partial charge in [-0.25, -0.2) is 0 Å². The molecule has 0 aliphatic carbocycles. The summed E-state index contributed by atoms with van der Waals surface area (Å²) in [5.74, 6) is 0.790. The molecule has 2 aliphatic rings. The van der Waals surface area contributed by atoms with Gasteiger partial charge in [-0.3, -0.25) is 4.79 Å². The van der Waals surface area contributed by atoms with E-state index in [0.29, 0.717) is 24.4 Å². The molecule has 4 heteroatoms. The second kappa shape index (κ2) is 6.09. The Labute approximate surface area is 131 Å². The summed E-state index contributed by atoms with van der Waals surface area (Å²) < 4.78 is 0. The van der Waals surface area contributed by atoms with Crippen LogP contribution in [0.1, 0.15) is 60.4 Å². The summed E-state index contributed by atoms with van der Waals surface area (Å²) >= 11 is 1.81. The summed E-state index contributed by atoms with van der Waals surface area (Å²) in [6.45, 7) is 6.36. The summed E-state index contributed by atoms with van der Waals surface area (Å²) in [5.41, 5.74) is 1.27. The second-order valence-corrected chi connectivity index (χ2v) is 8.30. The highest BCUT2D eigenvalue weighted by atomic mass is 32.1. The van der Waals surface area contributed by atoms with Gasteiger partial charge in [-0.15, -0.1) is 11.3 Å². The minimum atomic E-state index is 0.126. The van der Waals surface area contributed by atoms with Gasteiger partial charge in [0.2, 0.25) is 5.91 Å². The van der Waals surface area contributed by atoms with Gasteiger partial charge < -0.3 is 10.6 Å². The third kappa shape index (κ3) is 3.49. The van der Waals surface area contributed by atoms with Crippen LogP contribution in [0.15, 0.2) is 6.07 Å². The smallest absolute Gasteiger partial charge is 0.220 e. The first-order chi connectivity index (χ1) is 10.0. The molecule has 1 amide bonds. The Morgan fingerprint density at radius 3 is 2.62 bits per heavy atom. The van der Waals surface area contributed by atoms with Crippen LogP contribution in [0.5, 0.6) is 0 Å². The highest BCUT2D eigenvalue weighted by molar-refractivity contribution is 7.12. The van der Waals surface area contributed by atoms with E-state index in [2.05, 4.69) is 37.5 Å². The predicted molar refractivity (Wildman–Crippen MR) is 87.6 cm³/mol. The third-order valence-electron chi connectivity index (χ3n) is 4.97. The Hall–Kier alpha value is -0.870. The van der Waals surface area contributed by atoms with Crippen LogP contribution in [0.2, 0.25) is 0 Å². The minimum Gasteiger partial charge on any atom is -0.350 e. The molecule has 3 atom stereocenters. The van der Waals surface area contributed by atoms with Crippen molar-refractivity contribution in [1.29, 1.82) is 0 Å². The normalized spacial score (nSPS) is 29.4. The van der Waals surface area contributed by atoms with Gasteiger partial charge in [0.05, 0.1) is 6.04 Å². The van der Waals surface area contributed by atoms with Crippen LogP contribution in [0.4, 0.5) is 0 Å². The Kier molecular flexibility index (Phi) is 4.36. The van der Waals surface area contributed by atoms with Gasteiger partial charge >= 0.3 is 0 Å². The molecule has 1 aromatic rings. The first-order valence-corrected chi connectivity index (χ1v) is 8.95. The molecule has 2 fully saturated rings. The van der Waals surface area contributed by atoms with Crippen LogP contribution in [0.3, 0.4) is 0 Å². The van der Waals surface area contributed by atoms with E-state index in [1.807, 2.05) is 11.3 Å². The van der Waals surface area contributed by atoms with E-state index in [1.54, 1.807) is 0 Å². The van der Waals surface area contributed by atoms with Crippen molar-refractivity contribution in [3.8, 4) is 0 Å². The summed E-state index contributed by atoms with van der Waals surface area (Å²) in [6.07, 6.45) is 5.64. The van der Waals surface area contributed by atoms with Gasteiger partial charge in [0, 0.05) is 28.3 Å². The van der Waals surface area contributed by atoms with Crippen molar-refractivity contribution in [1.82, 2.24) is 10.6 Å². The standard InChI is InChI=1S/C17H26N2OS/c1-10-6-16(12(3)21-10)11(2)18-17(20)9-13-7-14-4-5-15(8-13)19-14/h6,11,13-15,19H,4-5,7-9H2,1-3H3,(H,18,20). The van der Waals surface area contributed by atoms with E-state index in [9.17, 15) is 4.79 Å². The molecule has 3 rings (SSSR count). The van der Waals surface area contributed by atoms with Gasteiger partial charge in [0.15, 0.2) is 0 Å². The van der Waals surface area contributed by atoms with E-state index >= 15 is 0 Å². The number of nitrogens with one attached hydrogen (secondary N) is 2. The number of thiophene rings is 1. The van der Waals surface area contributed by atoms with E-state index in [-0.39, 0.29) is 11.9 Å². The molecule has 3 nitrogen and oxygen atoms in total. The lowest BCUT2D eigenvalue weighted by molar-refractivity contribution is -0.122. The number of amides is 1. The summed E-state index contributed by atoms with van der Waals surface area (Å²) in [5, 5.41) is 6.84. The largest absolute Gasteiger partial charge is 0.350 e. The molecule has 116 valence electrons. The first kappa shape index (κ1) is 15.0. The van der Waals surface area contributed by atoms with Crippen LogP contribution in [-0.4, -0.2) is 18.0 Å². The van der Waals surface area contributed by atoms with Crippen molar-refractivity contribution in [2.75, 3.05) is 0 Å². The van der Waals surface area contributed by atoms with E-state index in [0.717, 1.165) is 0 Å². The van der Waals surface area contributed by atoms with Gasteiger partial charge in [-0.2, -0.15) is 0 Å². The molecule has 3 heterocycles. The molecule has 3 unspecified atom stereocenters. The number of carbonyl (C=O) groups excluding carboxylic acids is 1. The lowest BCUT2D eigenvalue weighted by Gasteiger charge is -2.29. The lowest BCUT2D eigenvalue weighted by atomic mass is 9.89. The third-order valence-corrected chi connectivity index (χ3v) is 5.95. The van der Waals surface area contributed by atoms with E-state index in [4.69, 9.17) is 0 Å². The van der Waals surface area contributed by atoms with Gasteiger partial charge in [0.1, 0.15) is 0 Å². The summed E-state index contributed by atoms with van der Waals surface area (Å²) in [7, 11) is 0. The van der Waals surface area contributed by atoms with Crippen molar-refractivity contribution in [3.63, 3.8) is 0 Å². The second-order valence-electron chi connectivity index (χ2n) is 6.84. The van der Waals surface area contributed by atoms with Crippen LogP contribution in [0.25, 0.3) is 0 Å². The number of rotatable bonds is 4. The number of aryl methyl sites for hydroxylation is 2. The fraction of sp³-hybridized carbons (Fsp3) is 0.706. The molecule has 0 radical (unpaired) electrons. The monoisotopic (exact) mass is 306 g/mol. The average Bonchev–Trinajstić information content (AvgIpc) is 2.91. The topological polar surface area (TPSA) is 41.1 Å². The van der Waals surface area contributed by atoms with Crippen LogP contribution in [-0.2, 0) is 4.79 Å². The van der Waals surface area contributed by atoms with Crippen molar-refractivity contribution < 1.29 is 4.79 Å². The van der Waals surface area contributed by atoms with Crippen LogP contribution in [0, 0.1) is 19.8 Å². The summed E-state index contributed by atoms with van der Waals surface area (Å²) in [4.78, 5) is 15.0. The fourth-order valence-electron chi connectivity index (χ4n) is 4.06. The average molecular weight is 306 g/mol. The maximum Gasteiger partial charge on any atom is 0.220 e. The number of carbonyl (C=O) groups is 1. The maximum absolute atomic E-state index is 12.3. The quantitative estimate of drug-likeness (QED) is 0.894. The van der Waals surface area contributed by atoms with Crippen molar-refractivity contribution >= 4 is 17.2 Å². The van der Waals surface area contributed by atoms with E-state index < -0.39 is 0 Å². The minimum absolute atomic E-state index is 0.126. The number of hydrogen-bond donors (Lipinski definition) is 2. The lowest BCUT2D eigenvalue weighted by Crippen LogP contribution is -2.40. The highest BCUT2D eigenvalue weighted by Crippen LogP contribution is 2.33. The zero-order valence-corrected chi connectivity index (χ0v) is 14.1. The van der Waals surface area contributed by atoms with Crippen molar-refractivity contribution in [2.45, 2.75) is 71.0 Å². The molecule has 2 saturated heterocycles. The van der Waals surface area contributed by atoms with Crippen LogP contribution < -0.4 is 10.6 Å². The van der Waals surface area contributed by atoms with Gasteiger partial charge in [0.25, 0.3) is 0 Å². The first-order valence-electron chi connectivity index (χ1n) is 8.13. The highest BCUT2D eigenvalue weighted by Gasteiger charge is 2.34. The molecular formula is C17H26N2OS. The zero-order chi connectivity index (χ0) is 15.0. The van der Waals surface area contributed by atoms with Crippen molar-refractivity contribution in [2.24, 2.45) is 5.92 Å². The molecule has 0 saturated carbocycles. The molecule has 2 N–H and O–H groups in total. The molecular weight excluding hydrogens is 280 g/mol. The molecule has 2 bridgehead atoms. The molecule has 0 spiro atoms. The van der Waals surface area contributed by atoms with Gasteiger partial charge in [-0.1, -0.05) is 0 Å². The number of piperidine rings is 1. The molecule has 21 heavy (non-hydrogen) atoms. The van der Waals surface area contributed by atoms with Crippen LogP contribution >= 0.6 is 11.3 Å². The molecule has 1 aromatic heterocycles.